The second kappa shape index (κ2) is 9.31. The SMILES string of the molecule is CN(CCO)c1ncc(N2C[C@]3(CC[C@@](c4ccccc4)(N(C)C)CC3)NC2=O)cc1C(F)(F)F. The number of carbonyl (C=O) groups excluding carboxylic acids is 1. The van der Waals surface area contributed by atoms with Gasteiger partial charge in [-0.2, -0.15) is 13.2 Å². The van der Waals surface area contributed by atoms with E-state index in [1.807, 2.05) is 18.2 Å². The van der Waals surface area contributed by atoms with Crippen molar-refractivity contribution in [3.05, 3.63) is 53.7 Å². The number of likely N-dealkylation sites (N-methyl/N-ethyl adjacent to an activating group) is 1. The summed E-state index contributed by atoms with van der Waals surface area (Å²) in [5, 5.41) is 12.2. The normalized spacial score (nSPS) is 24.8. The minimum atomic E-state index is -4.65. The number of rotatable bonds is 6. The summed E-state index contributed by atoms with van der Waals surface area (Å²) in [6.45, 7) is -0.00157. The molecule has 35 heavy (non-hydrogen) atoms. The fourth-order valence-electron chi connectivity index (χ4n) is 5.45. The largest absolute Gasteiger partial charge is 0.420 e. The molecule has 1 aliphatic carbocycles. The molecule has 190 valence electrons. The van der Waals surface area contributed by atoms with E-state index < -0.39 is 23.3 Å². The number of pyridine rings is 1. The van der Waals surface area contributed by atoms with Gasteiger partial charge in [0.05, 0.1) is 30.6 Å². The average Bonchev–Trinajstić information content (AvgIpc) is 3.15. The Kier molecular flexibility index (Phi) is 6.72. The summed E-state index contributed by atoms with van der Waals surface area (Å²) < 4.78 is 41.5. The fourth-order valence-corrected chi connectivity index (χ4v) is 5.45. The highest BCUT2D eigenvalue weighted by molar-refractivity contribution is 5.95. The molecule has 1 aromatic heterocycles. The second-order valence-corrected chi connectivity index (χ2v) is 9.80. The Balaban J connectivity index is 1.58. The number of anilines is 2. The zero-order chi connectivity index (χ0) is 25.4. The predicted molar refractivity (Wildman–Crippen MR) is 128 cm³/mol. The highest BCUT2D eigenvalue weighted by Gasteiger charge is 2.50. The van der Waals surface area contributed by atoms with E-state index >= 15 is 0 Å². The minimum Gasteiger partial charge on any atom is -0.395 e. The summed E-state index contributed by atoms with van der Waals surface area (Å²) in [6.07, 6.45) is -0.307. The van der Waals surface area contributed by atoms with Crippen molar-refractivity contribution in [1.29, 1.82) is 0 Å². The molecule has 2 aliphatic rings. The van der Waals surface area contributed by atoms with Crippen LogP contribution in [0.5, 0.6) is 0 Å². The number of aliphatic hydroxyl groups is 1. The third-order valence-electron chi connectivity index (χ3n) is 7.55. The molecule has 1 saturated carbocycles. The first-order valence-electron chi connectivity index (χ1n) is 11.7. The number of urea groups is 1. The van der Waals surface area contributed by atoms with Crippen LogP contribution in [-0.4, -0.2) is 67.4 Å². The van der Waals surface area contributed by atoms with Crippen LogP contribution in [0.3, 0.4) is 0 Å². The van der Waals surface area contributed by atoms with Crippen LogP contribution in [0.2, 0.25) is 0 Å². The van der Waals surface area contributed by atoms with E-state index in [9.17, 15) is 18.0 Å². The van der Waals surface area contributed by atoms with Gasteiger partial charge in [-0.3, -0.25) is 9.80 Å². The van der Waals surface area contributed by atoms with Crippen LogP contribution in [0.15, 0.2) is 42.6 Å². The lowest BCUT2D eigenvalue weighted by Crippen LogP contribution is -2.54. The van der Waals surface area contributed by atoms with Gasteiger partial charge in [-0.1, -0.05) is 30.3 Å². The Morgan fingerprint density at radius 2 is 1.77 bits per heavy atom. The maximum atomic E-state index is 13.8. The minimum absolute atomic E-state index is 0.0117. The van der Waals surface area contributed by atoms with Crippen molar-refractivity contribution in [2.24, 2.45) is 0 Å². The molecule has 1 saturated heterocycles. The molecule has 1 aliphatic heterocycles. The Bertz CT molecular complexity index is 1050. The quantitative estimate of drug-likeness (QED) is 0.643. The molecule has 2 amide bonds. The molecule has 10 heteroatoms. The third-order valence-corrected chi connectivity index (χ3v) is 7.55. The highest BCUT2D eigenvalue weighted by Crippen LogP contribution is 2.46. The molecular formula is C25H32F3N5O2. The Morgan fingerprint density at radius 1 is 1.11 bits per heavy atom. The summed E-state index contributed by atoms with van der Waals surface area (Å²) in [6, 6.07) is 10.9. The molecule has 1 spiro atoms. The average molecular weight is 492 g/mol. The molecule has 0 atom stereocenters. The van der Waals surface area contributed by atoms with Gasteiger partial charge < -0.3 is 15.3 Å². The van der Waals surface area contributed by atoms with Crippen molar-refractivity contribution < 1.29 is 23.1 Å². The summed E-state index contributed by atoms with van der Waals surface area (Å²) in [4.78, 5) is 21.8. The molecule has 7 nitrogen and oxygen atoms in total. The van der Waals surface area contributed by atoms with Crippen molar-refractivity contribution in [3.8, 4) is 0 Å². The zero-order valence-electron chi connectivity index (χ0n) is 20.3. The molecule has 2 fully saturated rings. The van der Waals surface area contributed by atoms with Crippen LogP contribution in [-0.2, 0) is 11.7 Å². The highest BCUT2D eigenvalue weighted by atomic mass is 19.4. The number of nitrogens with one attached hydrogen (secondary N) is 1. The van der Waals surface area contributed by atoms with Gasteiger partial charge in [0.25, 0.3) is 0 Å². The number of hydrogen-bond donors (Lipinski definition) is 2. The number of hydrogen-bond acceptors (Lipinski definition) is 5. The van der Waals surface area contributed by atoms with E-state index in [2.05, 4.69) is 41.4 Å². The first-order chi connectivity index (χ1) is 16.5. The summed E-state index contributed by atoms with van der Waals surface area (Å²) in [7, 11) is 5.56. The van der Waals surface area contributed by atoms with E-state index in [0.717, 1.165) is 18.9 Å². The number of nitrogens with zero attached hydrogens (tertiary/aromatic N) is 4. The van der Waals surface area contributed by atoms with Crippen LogP contribution in [0, 0.1) is 0 Å². The van der Waals surface area contributed by atoms with E-state index in [1.165, 1.54) is 28.6 Å². The van der Waals surface area contributed by atoms with Gasteiger partial charge in [0.1, 0.15) is 11.4 Å². The van der Waals surface area contributed by atoms with E-state index in [-0.39, 0.29) is 36.7 Å². The van der Waals surface area contributed by atoms with Crippen LogP contribution in [0.4, 0.5) is 29.5 Å². The monoisotopic (exact) mass is 491 g/mol. The van der Waals surface area contributed by atoms with Crippen LogP contribution in [0.1, 0.15) is 36.8 Å². The standard InChI is InChI=1S/C25H32F3N5O2/c1-31(2)24(18-7-5-4-6-8-18)11-9-23(10-12-24)17-33(22(35)30-23)19-15-20(25(26,27)28)21(29-16-19)32(3)13-14-34/h4-8,15-16,34H,9-14,17H2,1-3H3,(H,30,35)/t23-,24-. The molecule has 2 aromatic rings. The number of aliphatic hydroxyl groups excluding tert-OH is 1. The van der Waals surface area contributed by atoms with Crippen LogP contribution in [0.25, 0.3) is 0 Å². The molecule has 0 radical (unpaired) electrons. The lowest BCUT2D eigenvalue weighted by Gasteiger charge is -2.48. The number of amides is 2. The number of benzene rings is 1. The lowest BCUT2D eigenvalue weighted by atomic mass is 9.69. The maximum Gasteiger partial charge on any atom is 0.420 e. The number of alkyl halides is 3. The van der Waals surface area contributed by atoms with Crippen molar-refractivity contribution in [2.75, 3.05) is 50.6 Å². The van der Waals surface area contributed by atoms with Crippen molar-refractivity contribution in [2.45, 2.75) is 42.9 Å². The molecule has 2 heterocycles. The van der Waals surface area contributed by atoms with Crippen LogP contribution >= 0.6 is 0 Å². The van der Waals surface area contributed by atoms with Gasteiger partial charge in [-0.15, -0.1) is 0 Å². The molecule has 0 unspecified atom stereocenters. The van der Waals surface area contributed by atoms with Gasteiger partial charge >= 0.3 is 12.2 Å². The molecule has 0 bridgehead atoms. The molecule has 1 aromatic carbocycles. The predicted octanol–water partition coefficient (Wildman–Crippen LogP) is 3.83. The van der Waals surface area contributed by atoms with Gasteiger partial charge in [-0.25, -0.2) is 9.78 Å². The number of halogens is 3. The smallest absolute Gasteiger partial charge is 0.395 e. The summed E-state index contributed by atoms with van der Waals surface area (Å²) in [5.74, 6) is -0.277. The Labute approximate surface area is 203 Å². The van der Waals surface area contributed by atoms with E-state index in [4.69, 9.17) is 5.11 Å². The maximum absolute atomic E-state index is 13.8. The first kappa shape index (κ1) is 25.2. The van der Waals surface area contributed by atoms with Gasteiger partial charge in [0.2, 0.25) is 0 Å². The van der Waals surface area contributed by atoms with Gasteiger partial charge in [0.15, 0.2) is 0 Å². The molecular weight excluding hydrogens is 459 g/mol. The zero-order valence-corrected chi connectivity index (χ0v) is 20.3. The van der Waals surface area contributed by atoms with Crippen molar-refractivity contribution in [3.63, 3.8) is 0 Å². The molecule has 2 N–H and O–H groups in total. The first-order valence-corrected chi connectivity index (χ1v) is 11.7. The van der Waals surface area contributed by atoms with Gasteiger partial charge in [0, 0.05) is 19.1 Å². The van der Waals surface area contributed by atoms with E-state index in [1.54, 1.807) is 0 Å². The topological polar surface area (TPSA) is 71.9 Å². The second-order valence-electron chi connectivity index (χ2n) is 9.80. The lowest BCUT2D eigenvalue weighted by molar-refractivity contribution is -0.137. The van der Waals surface area contributed by atoms with Gasteiger partial charge in [-0.05, 0) is 51.4 Å². The van der Waals surface area contributed by atoms with Crippen molar-refractivity contribution >= 4 is 17.5 Å². The third kappa shape index (κ3) is 4.69. The summed E-state index contributed by atoms with van der Waals surface area (Å²) in [5.41, 5.74) is -0.257. The Hall–Kier alpha value is -2.85. The Morgan fingerprint density at radius 3 is 2.34 bits per heavy atom. The van der Waals surface area contributed by atoms with E-state index in [0.29, 0.717) is 12.8 Å². The molecule has 4 rings (SSSR count). The number of carbonyl (C=O) groups is 1. The van der Waals surface area contributed by atoms with Crippen LogP contribution < -0.4 is 15.1 Å². The number of aromatic nitrogens is 1. The fraction of sp³-hybridized carbons (Fsp3) is 0.520. The summed E-state index contributed by atoms with van der Waals surface area (Å²) >= 11 is 0. The van der Waals surface area contributed by atoms with Crippen molar-refractivity contribution in [1.82, 2.24) is 15.2 Å².